The number of esters is 1. The number of aromatic nitrogens is 2. The van der Waals surface area contributed by atoms with Crippen molar-refractivity contribution in [1.82, 2.24) is 15.3 Å². The van der Waals surface area contributed by atoms with Gasteiger partial charge in [-0.15, -0.1) is 0 Å². The summed E-state index contributed by atoms with van der Waals surface area (Å²) in [5.41, 5.74) is 0.963. The lowest BCUT2D eigenvalue weighted by Gasteiger charge is -2.29. The quantitative estimate of drug-likeness (QED) is 0.470. The second kappa shape index (κ2) is 10.7. The average Bonchev–Trinajstić information content (AvgIpc) is 3.26. The van der Waals surface area contributed by atoms with Crippen LogP contribution in [0.2, 0.25) is 0 Å². The van der Waals surface area contributed by atoms with Gasteiger partial charge in [0, 0.05) is 32.4 Å². The zero-order chi connectivity index (χ0) is 23.2. The maximum Gasteiger partial charge on any atom is 0.303 e. The minimum Gasteiger partial charge on any atom is -0.461 e. The molecule has 1 saturated carbocycles. The fraction of sp³-hybridized carbons (Fsp3) is 0.480. The van der Waals surface area contributed by atoms with Crippen LogP contribution >= 0.6 is 0 Å². The monoisotopic (exact) mass is 451 g/mol. The van der Waals surface area contributed by atoms with E-state index in [9.17, 15) is 4.79 Å². The van der Waals surface area contributed by atoms with Gasteiger partial charge in [-0.3, -0.25) is 4.79 Å². The molecule has 4 rings (SSSR count). The van der Waals surface area contributed by atoms with Crippen molar-refractivity contribution < 1.29 is 13.9 Å². The number of ether oxygens (including phenoxy) is 1. The molecule has 0 aliphatic heterocycles. The molecule has 33 heavy (non-hydrogen) atoms. The summed E-state index contributed by atoms with van der Waals surface area (Å²) in [6.07, 6.45) is 4.53. The van der Waals surface area contributed by atoms with E-state index in [4.69, 9.17) is 19.1 Å². The zero-order valence-corrected chi connectivity index (χ0v) is 19.6. The third-order valence-corrected chi connectivity index (χ3v) is 6.05. The normalized spacial score (nSPS) is 18.3. The highest BCUT2D eigenvalue weighted by Crippen LogP contribution is 2.28. The number of para-hydroxylation sites is 1. The van der Waals surface area contributed by atoms with Gasteiger partial charge in [0.15, 0.2) is 0 Å². The summed E-state index contributed by atoms with van der Waals surface area (Å²) in [4.78, 5) is 22.5. The lowest BCUT2D eigenvalue weighted by Crippen LogP contribution is -2.31. The standard InChI is InChI=1S/C25H33N5O3/c1-17(31)32-16-21-13-12-20(33-21)15-26-14-18-8-10-19(11-9-18)27-25-28-23-7-5-4-6-22(23)24(29-25)30(2)3/h4-7,12-13,18-19,26H,8-11,14-16H2,1-3H3,(H,27,28,29)/t18-,19+. The first-order valence-electron chi connectivity index (χ1n) is 11.6. The first-order chi connectivity index (χ1) is 16.0. The molecule has 8 heteroatoms. The molecule has 1 aliphatic carbocycles. The molecule has 2 heterocycles. The predicted molar refractivity (Wildman–Crippen MR) is 129 cm³/mol. The van der Waals surface area contributed by atoms with Crippen LogP contribution in [0.3, 0.4) is 0 Å². The van der Waals surface area contributed by atoms with Crippen molar-refractivity contribution in [2.45, 2.75) is 51.8 Å². The third-order valence-electron chi connectivity index (χ3n) is 6.05. The van der Waals surface area contributed by atoms with E-state index in [1.54, 1.807) is 0 Å². The Morgan fingerprint density at radius 3 is 2.61 bits per heavy atom. The number of hydrogen-bond donors (Lipinski definition) is 2. The smallest absolute Gasteiger partial charge is 0.303 e. The van der Waals surface area contributed by atoms with Crippen LogP contribution in [0.5, 0.6) is 0 Å². The van der Waals surface area contributed by atoms with Gasteiger partial charge in [-0.1, -0.05) is 12.1 Å². The molecule has 0 spiro atoms. The molecule has 2 aromatic heterocycles. The Hall–Kier alpha value is -3.13. The number of fused-ring (bicyclic) bond motifs is 1. The number of nitrogens with zero attached hydrogens (tertiary/aromatic N) is 3. The van der Waals surface area contributed by atoms with Crippen LogP contribution in [0.1, 0.15) is 44.1 Å². The second-order valence-corrected chi connectivity index (χ2v) is 8.92. The number of benzene rings is 1. The fourth-order valence-corrected chi connectivity index (χ4v) is 4.33. The van der Waals surface area contributed by atoms with Crippen molar-refractivity contribution >= 4 is 28.6 Å². The molecular weight excluding hydrogens is 418 g/mol. The molecule has 0 bridgehead atoms. The van der Waals surface area contributed by atoms with Gasteiger partial charge in [0.2, 0.25) is 5.95 Å². The van der Waals surface area contributed by atoms with E-state index < -0.39 is 0 Å². The van der Waals surface area contributed by atoms with Crippen molar-refractivity contribution in [2.75, 3.05) is 30.9 Å². The molecule has 1 aliphatic rings. The highest BCUT2D eigenvalue weighted by molar-refractivity contribution is 5.90. The topological polar surface area (TPSA) is 92.5 Å². The van der Waals surface area contributed by atoms with Crippen LogP contribution in [0, 0.1) is 5.92 Å². The Morgan fingerprint density at radius 2 is 1.85 bits per heavy atom. The van der Waals surface area contributed by atoms with E-state index in [1.165, 1.54) is 6.92 Å². The molecule has 176 valence electrons. The van der Waals surface area contributed by atoms with Crippen LogP contribution < -0.4 is 15.5 Å². The Labute approximate surface area is 194 Å². The van der Waals surface area contributed by atoms with Crippen LogP contribution in [0.15, 0.2) is 40.8 Å². The summed E-state index contributed by atoms with van der Waals surface area (Å²) < 4.78 is 10.7. The molecule has 0 saturated heterocycles. The predicted octanol–water partition coefficient (Wildman–Crippen LogP) is 4.11. The number of anilines is 2. The van der Waals surface area contributed by atoms with Crippen molar-refractivity contribution in [3.63, 3.8) is 0 Å². The molecule has 2 N–H and O–H groups in total. The van der Waals surface area contributed by atoms with E-state index in [2.05, 4.69) is 16.7 Å². The van der Waals surface area contributed by atoms with Crippen molar-refractivity contribution in [1.29, 1.82) is 0 Å². The summed E-state index contributed by atoms with van der Waals surface area (Å²) in [5, 5.41) is 8.14. The fourth-order valence-electron chi connectivity index (χ4n) is 4.33. The number of nitrogens with one attached hydrogen (secondary N) is 2. The Morgan fingerprint density at radius 1 is 1.09 bits per heavy atom. The SMILES string of the molecule is CC(=O)OCc1ccc(CNC[C@H]2CC[C@@H](Nc3nc(N(C)C)c4ccccc4n3)CC2)o1. The summed E-state index contributed by atoms with van der Waals surface area (Å²) in [7, 11) is 4.03. The molecule has 8 nitrogen and oxygen atoms in total. The third kappa shape index (κ3) is 6.22. The van der Waals surface area contributed by atoms with Gasteiger partial charge in [-0.2, -0.15) is 4.98 Å². The molecule has 0 atom stereocenters. The van der Waals surface area contributed by atoms with Crippen LogP contribution in [-0.4, -0.2) is 42.6 Å². The van der Waals surface area contributed by atoms with Gasteiger partial charge >= 0.3 is 5.97 Å². The maximum atomic E-state index is 10.9. The molecule has 1 fully saturated rings. The number of hydrogen-bond acceptors (Lipinski definition) is 8. The number of rotatable bonds is 9. The van der Waals surface area contributed by atoms with Gasteiger partial charge in [0.1, 0.15) is 23.9 Å². The minimum absolute atomic E-state index is 0.184. The molecule has 0 amide bonds. The van der Waals surface area contributed by atoms with Gasteiger partial charge in [-0.05, 0) is 62.4 Å². The molecule has 0 radical (unpaired) electrons. The lowest BCUT2D eigenvalue weighted by atomic mass is 9.86. The number of carbonyl (C=O) groups is 1. The van der Waals surface area contributed by atoms with Crippen LogP contribution in [0.4, 0.5) is 11.8 Å². The van der Waals surface area contributed by atoms with Gasteiger partial charge < -0.3 is 24.7 Å². The number of carbonyl (C=O) groups excluding carboxylic acids is 1. The summed E-state index contributed by atoms with van der Waals surface area (Å²) in [5.74, 6) is 3.52. The first-order valence-corrected chi connectivity index (χ1v) is 11.6. The zero-order valence-electron chi connectivity index (χ0n) is 19.6. The van der Waals surface area contributed by atoms with Crippen LogP contribution in [-0.2, 0) is 22.7 Å². The summed E-state index contributed by atoms with van der Waals surface area (Å²) in [6.45, 7) is 3.22. The molecule has 3 aromatic rings. The summed E-state index contributed by atoms with van der Waals surface area (Å²) in [6, 6.07) is 12.3. The maximum absolute atomic E-state index is 10.9. The highest BCUT2D eigenvalue weighted by Gasteiger charge is 2.22. The van der Waals surface area contributed by atoms with E-state index in [-0.39, 0.29) is 12.6 Å². The highest BCUT2D eigenvalue weighted by atomic mass is 16.5. The lowest BCUT2D eigenvalue weighted by molar-refractivity contribution is -0.142. The average molecular weight is 452 g/mol. The Balaban J connectivity index is 1.23. The first kappa shape index (κ1) is 23.0. The molecular formula is C25H33N5O3. The van der Waals surface area contributed by atoms with Crippen LogP contribution in [0.25, 0.3) is 10.9 Å². The molecule has 1 aromatic carbocycles. The Bertz CT molecular complexity index is 1070. The van der Waals surface area contributed by atoms with E-state index >= 15 is 0 Å². The van der Waals surface area contributed by atoms with Gasteiger partial charge in [-0.25, -0.2) is 4.98 Å². The largest absolute Gasteiger partial charge is 0.461 e. The van der Waals surface area contributed by atoms with E-state index in [0.29, 0.717) is 30.2 Å². The van der Waals surface area contributed by atoms with Gasteiger partial charge in [0.05, 0.1) is 12.1 Å². The van der Waals surface area contributed by atoms with E-state index in [1.807, 2.05) is 49.3 Å². The van der Waals surface area contributed by atoms with Crippen molar-refractivity contribution in [2.24, 2.45) is 5.92 Å². The van der Waals surface area contributed by atoms with E-state index in [0.717, 1.165) is 54.7 Å². The number of furan rings is 1. The van der Waals surface area contributed by atoms with Crippen molar-refractivity contribution in [3.8, 4) is 0 Å². The Kier molecular flexibility index (Phi) is 7.44. The second-order valence-electron chi connectivity index (χ2n) is 8.92. The minimum atomic E-state index is -0.304. The van der Waals surface area contributed by atoms with Crippen molar-refractivity contribution in [3.05, 3.63) is 47.9 Å². The molecule has 0 unspecified atom stereocenters. The summed E-state index contributed by atoms with van der Waals surface area (Å²) >= 11 is 0. The van der Waals surface area contributed by atoms with Gasteiger partial charge in [0.25, 0.3) is 0 Å².